The monoisotopic (exact) mass is 228 g/mol. The van der Waals surface area contributed by atoms with Gasteiger partial charge in [-0.1, -0.05) is 0 Å². The molecule has 0 amide bonds. The van der Waals surface area contributed by atoms with E-state index in [4.69, 9.17) is 14.6 Å². The van der Waals surface area contributed by atoms with Crippen LogP contribution in [-0.4, -0.2) is 27.7 Å². The molecule has 0 saturated carbocycles. The Morgan fingerprint density at radius 3 is 2.62 bits per heavy atom. The molecule has 0 fully saturated rings. The van der Waals surface area contributed by atoms with E-state index in [1.165, 1.54) is 0 Å². The van der Waals surface area contributed by atoms with Gasteiger partial charge >= 0.3 is 0 Å². The summed E-state index contributed by atoms with van der Waals surface area (Å²) in [6.07, 6.45) is 0.174. The molecule has 1 heterocycles. The second-order valence-electron chi connectivity index (χ2n) is 3.16. The summed E-state index contributed by atoms with van der Waals surface area (Å²) in [5.74, 6) is -1.90. The lowest BCUT2D eigenvalue weighted by Gasteiger charge is -2.03. The zero-order chi connectivity index (χ0) is 12.1. The van der Waals surface area contributed by atoms with Crippen LogP contribution in [0.25, 0.3) is 0 Å². The summed E-state index contributed by atoms with van der Waals surface area (Å²) in [5.41, 5.74) is -0.775. The fraction of sp³-hybridized carbons (Fsp3) is 0.400. The Morgan fingerprint density at radius 2 is 2.06 bits per heavy atom. The first-order valence-electron chi connectivity index (χ1n) is 4.71. The average Bonchev–Trinajstić information content (AvgIpc) is 2.29. The van der Waals surface area contributed by atoms with Gasteiger partial charge in [0.15, 0.2) is 0 Å². The number of ketones is 1. The van der Waals surface area contributed by atoms with Gasteiger partial charge in [0.05, 0.1) is 0 Å². The van der Waals surface area contributed by atoms with Crippen LogP contribution in [0.4, 0.5) is 0 Å². The summed E-state index contributed by atoms with van der Waals surface area (Å²) in [5, 5.41) is 26.6. The molecule has 0 aliphatic carbocycles. The van der Waals surface area contributed by atoms with Crippen molar-refractivity contribution in [1.82, 2.24) is 0 Å². The molecule has 88 valence electrons. The van der Waals surface area contributed by atoms with Gasteiger partial charge in [0.2, 0.25) is 22.7 Å². The zero-order valence-corrected chi connectivity index (χ0v) is 8.47. The van der Waals surface area contributed by atoms with E-state index in [-0.39, 0.29) is 25.2 Å². The van der Waals surface area contributed by atoms with Crippen molar-refractivity contribution in [2.24, 2.45) is 0 Å². The van der Waals surface area contributed by atoms with Crippen molar-refractivity contribution in [3.05, 3.63) is 27.8 Å². The molecule has 3 N–H and O–H groups in total. The van der Waals surface area contributed by atoms with Crippen molar-refractivity contribution in [1.29, 1.82) is 0 Å². The molecule has 0 spiro atoms. The van der Waals surface area contributed by atoms with Crippen LogP contribution in [0.3, 0.4) is 0 Å². The van der Waals surface area contributed by atoms with Gasteiger partial charge in [0.1, 0.15) is 12.4 Å². The number of Topliss-reactive ketones (excluding diaryl/α,β-unsaturated/α-hetero) is 1. The SMILES string of the molecule is O=C(CCCO)c1oc(CO)cc(=O)c1O. The minimum atomic E-state index is -0.775. The molecule has 0 unspecified atom stereocenters. The van der Waals surface area contributed by atoms with E-state index < -0.39 is 29.3 Å². The van der Waals surface area contributed by atoms with Crippen LogP contribution in [0.1, 0.15) is 29.2 Å². The number of hydrogen-bond acceptors (Lipinski definition) is 6. The lowest BCUT2D eigenvalue weighted by molar-refractivity contribution is 0.0930. The van der Waals surface area contributed by atoms with E-state index >= 15 is 0 Å². The molecule has 0 aromatic carbocycles. The molecule has 0 atom stereocenters. The van der Waals surface area contributed by atoms with Crippen LogP contribution in [-0.2, 0) is 6.61 Å². The van der Waals surface area contributed by atoms with Crippen molar-refractivity contribution >= 4 is 5.78 Å². The van der Waals surface area contributed by atoms with Gasteiger partial charge in [-0.25, -0.2) is 0 Å². The van der Waals surface area contributed by atoms with Crippen LogP contribution in [0.2, 0.25) is 0 Å². The van der Waals surface area contributed by atoms with Crippen LogP contribution in [0.5, 0.6) is 5.75 Å². The smallest absolute Gasteiger partial charge is 0.227 e. The van der Waals surface area contributed by atoms with Crippen LogP contribution in [0.15, 0.2) is 15.3 Å². The molecule has 0 aliphatic rings. The fourth-order valence-electron chi connectivity index (χ4n) is 1.16. The summed E-state index contributed by atoms with van der Waals surface area (Å²) >= 11 is 0. The minimum absolute atomic E-state index is 0.0398. The van der Waals surface area contributed by atoms with Crippen molar-refractivity contribution in [2.45, 2.75) is 19.4 Å². The maximum atomic E-state index is 11.5. The molecule has 6 heteroatoms. The quantitative estimate of drug-likeness (QED) is 0.602. The highest BCUT2D eigenvalue weighted by Gasteiger charge is 2.17. The highest BCUT2D eigenvalue weighted by atomic mass is 16.4. The normalized spacial score (nSPS) is 10.4. The molecule has 1 rings (SSSR count). The van der Waals surface area contributed by atoms with E-state index in [1.807, 2.05) is 0 Å². The predicted octanol–water partition coefficient (Wildman–Crippen LogP) is -0.207. The van der Waals surface area contributed by atoms with Gasteiger partial charge in [-0.2, -0.15) is 0 Å². The molecule has 0 radical (unpaired) electrons. The van der Waals surface area contributed by atoms with Gasteiger partial charge in [0, 0.05) is 19.1 Å². The van der Waals surface area contributed by atoms with Gasteiger partial charge < -0.3 is 19.7 Å². The average molecular weight is 228 g/mol. The zero-order valence-electron chi connectivity index (χ0n) is 8.47. The number of aliphatic hydroxyl groups excluding tert-OH is 2. The fourth-order valence-corrected chi connectivity index (χ4v) is 1.16. The number of hydrogen-bond donors (Lipinski definition) is 3. The van der Waals surface area contributed by atoms with Gasteiger partial charge in [-0.15, -0.1) is 0 Å². The van der Waals surface area contributed by atoms with E-state index in [0.717, 1.165) is 6.07 Å². The number of aromatic hydroxyl groups is 1. The molecule has 0 bridgehead atoms. The molecule has 0 aliphatic heterocycles. The lowest BCUT2D eigenvalue weighted by atomic mass is 10.1. The highest BCUT2D eigenvalue weighted by molar-refractivity contribution is 5.95. The standard InChI is InChI=1S/C10H12O6/c11-3-1-2-7(13)10-9(15)8(14)4-6(5-12)16-10/h4,11-12,15H,1-3,5H2. The third kappa shape index (κ3) is 2.68. The van der Waals surface area contributed by atoms with E-state index in [1.54, 1.807) is 0 Å². The van der Waals surface area contributed by atoms with Gasteiger partial charge in [-0.3, -0.25) is 9.59 Å². The summed E-state index contributed by atoms with van der Waals surface area (Å²) < 4.78 is 4.87. The van der Waals surface area contributed by atoms with E-state index in [2.05, 4.69) is 0 Å². The maximum absolute atomic E-state index is 11.5. The molecule has 16 heavy (non-hydrogen) atoms. The van der Waals surface area contributed by atoms with Crippen LogP contribution >= 0.6 is 0 Å². The predicted molar refractivity (Wildman–Crippen MR) is 53.2 cm³/mol. The lowest BCUT2D eigenvalue weighted by Crippen LogP contribution is -2.09. The summed E-state index contributed by atoms with van der Waals surface area (Å²) in [6, 6.07) is 0.915. The molecular weight excluding hydrogens is 216 g/mol. The first-order valence-corrected chi connectivity index (χ1v) is 4.71. The third-order valence-electron chi connectivity index (χ3n) is 1.94. The van der Waals surface area contributed by atoms with Crippen LogP contribution < -0.4 is 5.43 Å². The Balaban J connectivity index is 3.07. The van der Waals surface area contributed by atoms with E-state index in [0.29, 0.717) is 0 Å². The van der Waals surface area contributed by atoms with E-state index in [9.17, 15) is 14.7 Å². The Labute approximate surface area is 90.8 Å². The maximum Gasteiger partial charge on any atom is 0.227 e. The molecule has 6 nitrogen and oxygen atoms in total. The summed E-state index contributed by atoms with van der Waals surface area (Å²) in [7, 11) is 0. The first kappa shape index (κ1) is 12.4. The molecule has 1 aromatic heterocycles. The Hall–Kier alpha value is -1.66. The Kier molecular flexibility index (Phi) is 4.21. The van der Waals surface area contributed by atoms with Crippen LogP contribution in [0, 0.1) is 0 Å². The second-order valence-corrected chi connectivity index (χ2v) is 3.16. The van der Waals surface area contributed by atoms with Crippen molar-refractivity contribution in [2.75, 3.05) is 6.61 Å². The van der Waals surface area contributed by atoms with Crippen molar-refractivity contribution in [3.8, 4) is 5.75 Å². The molecule has 0 saturated heterocycles. The second kappa shape index (κ2) is 5.43. The molecular formula is C10H12O6. The van der Waals surface area contributed by atoms with Gasteiger partial charge in [-0.05, 0) is 6.42 Å². The van der Waals surface area contributed by atoms with Crippen molar-refractivity contribution in [3.63, 3.8) is 0 Å². The largest absolute Gasteiger partial charge is 0.501 e. The number of rotatable bonds is 5. The minimum Gasteiger partial charge on any atom is -0.501 e. The Morgan fingerprint density at radius 1 is 1.38 bits per heavy atom. The molecule has 1 aromatic rings. The van der Waals surface area contributed by atoms with Crippen molar-refractivity contribution < 1.29 is 24.5 Å². The van der Waals surface area contributed by atoms with Gasteiger partial charge in [0.25, 0.3) is 0 Å². The highest BCUT2D eigenvalue weighted by Crippen LogP contribution is 2.16. The number of aliphatic hydroxyl groups is 2. The first-order chi connectivity index (χ1) is 7.60. The Bertz CT molecular complexity index is 433. The number of carbonyl (C=O) groups excluding carboxylic acids is 1. The summed E-state index contributed by atoms with van der Waals surface area (Å²) in [6.45, 7) is -0.702. The summed E-state index contributed by atoms with van der Waals surface area (Å²) in [4.78, 5) is 22.6. The topological polar surface area (TPSA) is 108 Å². The third-order valence-corrected chi connectivity index (χ3v) is 1.94. The number of carbonyl (C=O) groups is 1.